The van der Waals surface area contributed by atoms with Crippen LogP contribution >= 0.6 is 0 Å². The minimum atomic E-state index is -0.651. The number of methoxy groups -OCH3 is 2. The maximum absolute atomic E-state index is 11.3. The van der Waals surface area contributed by atoms with Gasteiger partial charge in [-0.05, 0) is 86.3 Å². The standard InChI is InChI=1S/2C10H12O5.2C10H12O/c2*1-2-3-15-10(14)6-4-7(11)9(13)8(12)5-6;2*1-3-4-9-5-7-10(11-2)8-6-9/h2*4-5,11-13H,2-3H2,1H3;2*3-8H,1-2H3/b;;2*4-3+. The molecule has 0 spiro atoms. The van der Waals surface area contributed by atoms with Gasteiger partial charge in [-0.1, -0.05) is 62.4 Å². The number of aromatic hydroxyl groups is 6. The lowest BCUT2D eigenvalue weighted by Crippen LogP contribution is -2.05. The smallest absolute Gasteiger partial charge is 0.338 e. The first-order chi connectivity index (χ1) is 24.8. The highest BCUT2D eigenvalue weighted by atomic mass is 16.5. The monoisotopic (exact) mass is 720 g/mol. The van der Waals surface area contributed by atoms with Crippen molar-refractivity contribution in [2.75, 3.05) is 27.4 Å². The van der Waals surface area contributed by atoms with E-state index >= 15 is 0 Å². The third-order valence-corrected chi connectivity index (χ3v) is 6.44. The first kappa shape index (κ1) is 43.7. The van der Waals surface area contributed by atoms with Gasteiger partial charge in [-0.15, -0.1) is 0 Å². The van der Waals surface area contributed by atoms with E-state index in [4.69, 9.17) is 49.6 Å². The van der Waals surface area contributed by atoms with Crippen LogP contribution in [0, 0.1) is 0 Å². The Kier molecular flexibility index (Phi) is 20.1. The molecule has 0 aromatic heterocycles. The Hall–Kier alpha value is -6.30. The van der Waals surface area contributed by atoms with E-state index < -0.39 is 46.4 Å². The Balaban J connectivity index is 0.000000350. The van der Waals surface area contributed by atoms with Crippen molar-refractivity contribution in [2.24, 2.45) is 0 Å². The molecule has 52 heavy (non-hydrogen) atoms. The SMILES string of the molecule is C/C=C/c1ccc(OC)cc1.C/C=C/c1ccc(OC)cc1.CCCOC(=O)c1cc(O)c(O)c(O)c1.CCCOC(=O)c1cc(O)c(O)c(O)c1. The number of hydrogen-bond acceptors (Lipinski definition) is 12. The van der Waals surface area contributed by atoms with Gasteiger partial charge >= 0.3 is 11.9 Å². The van der Waals surface area contributed by atoms with E-state index in [0.717, 1.165) is 35.8 Å². The number of rotatable bonds is 10. The highest BCUT2D eigenvalue weighted by molar-refractivity contribution is 5.91. The lowest BCUT2D eigenvalue weighted by Gasteiger charge is -2.05. The predicted molar refractivity (Wildman–Crippen MR) is 199 cm³/mol. The van der Waals surface area contributed by atoms with E-state index in [1.54, 1.807) is 14.2 Å². The van der Waals surface area contributed by atoms with Crippen LogP contribution in [0.4, 0.5) is 0 Å². The van der Waals surface area contributed by atoms with Gasteiger partial charge < -0.3 is 49.6 Å². The van der Waals surface area contributed by atoms with Crippen LogP contribution in [0.2, 0.25) is 0 Å². The van der Waals surface area contributed by atoms with Crippen LogP contribution < -0.4 is 9.47 Å². The molecule has 280 valence electrons. The zero-order chi connectivity index (χ0) is 39.1. The molecule has 0 bridgehead atoms. The number of phenols is 6. The Morgan fingerprint density at radius 1 is 0.538 bits per heavy atom. The van der Waals surface area contributed by atoms with Crippen molar-refractivity contribution in [3.63, 3.8) is 0 Å². The van der Waals surface area contributed by atoms with Crippen LogP contribution in [-0.4, -0.2) is 70.0 Å². The van der Waals surface area contributed by atoms with Crippen molar-refractivity contribution in [3.05, 3.63) is 107 Å². The van der Waals surface area contributed by atoms with Gasteiger partial charge in [0.1, 0.15) is 11.5 Å². The first-order valence-corrected chi connectivity index (χ1v) is 16.2. The highest BCUT2D eigenvalue weighted by Gasteiger charge is 2.15. The Labute approximate surface area is 304 Å². The number of allylic oxidation sites excluding steroid dienone is 2. The average molecular weight is 721 g/mol. The number of benzene rings is 4. The highest BCUT2D eigenvalue weighted by Crippen LogP contribution is 2.36. The second kappa shape index (κ2) is 24.0. The average Bonchev–Trinajstić information content (AvgIpc) is 3.15. The Bertz CT molecular complexity index is 1550. The van der Waals surface area contributed by atoms with Gasteiger partial charge in [0.25, 0.3) is 0 Å². The topological polar surface area (TPSA) is 192 Å². The molecule has 12 nitrogen and oxygen atoms in total. The van der Waals surface area contributed by atoms with Crippen LogP contribution in [0.5, 0.6) is 46.0 Å². The fraction of sp³-hybridized carbons (Fsp3) is 0.250. The summed E-state index contributed by atoms with van der Waals surface area (Å²) in [4.78, 5) is 22.6. The van der Waals surface area contributed by atoms with Gasteiger partial charge in [0.2, 0.25) is 0 Å². The second-order valence-corrected chi connectivity index (χ2v) is 10.5. The summed E-state index contributed by atoms with van der Waals surface area (Å²) in [6, 6.07) is 20.1. The van der Waals surface area contributed by atoms with Crippen molar-refractivity contribution in [1.29, 1.82) is 0 Å². The summed E-state index contributed by atoms with van der Waals surface area (Å²) in [6.45, 7) is 8.23. The van der Waals surface area contributed by atoms with Crippen molar-refractivity contribution in [1.82, 2.24) is 0 Å². The molecule has 4 aromatic carbocycles. The summed E-state index contributed by atoms with van der Waals surface area (Å²) in [7, 11) is 3.34. The van der Waals surface area contributed by atoms with Gasteiger partial charge in [0.15, 0.2) is 34.5 Å². The van der Waals surface area contributed by atoms with E-state index in [2.05, 4.69) is 12.2 Å². The van der Waals surface area contributed by atoms with Crippen molar-refractivity contribution in [2.45, 2.75) is 40.5 Å². The van der Waals surface area contributed by atoms with Crippen molar-refractivity contribution in [3.8, 4) is 46.0 Å². The van der Waals surface area contributed by atoms with E-state index in [1.807, 2.05) is 88.4 Å². The van der Waals surface area contributed by atoms with E-state index in [1.165, 1.54) is 11.1 Å². The molecule has 4 rings (SSSR count). The third kappa shape index (κ3) is 15.5. The third-order valence-electron chi connectivity index (χ3n) is 6.44. The molecule has 0 radical (unpaired) electrons. The molecule has 0 saturated carbocycles. The molecule has 4 aromatic rings. The quantitative estimate of drug-likeness (QED) is 0.0681. The summed E-state index contributed by atoms with van der Waals surface area (Å²) < 4.78 is 19.6. The molecule has 0 aliphatic carbocycles. The number of hydrogen-bond donors (Lipinski definition) is 6. The molecule has 0 heterocycles. The Morgan fingerprint density at radius 3 is 1.06 bits per heavy atom. The molecule has 0 fully saturated rings. The summed E-state index contributed by atoms with van der Waals surface area (Å²) in [5.41, 5.74) is 2.40. The van der Waals surface area contributed by atoms with Gasteiger partial charge in [-0.25, -0.2) is 9.59 Å². The fourth-order valence-corrected chi connectivity index (χ4v) is 3.82. The number of esters is 2. The summed E-state index contributed by atoms with van der Waals surface area (Å²) in [6.07, 6.45) is 9.51. The fourth-order valence-electron chi connectivity index (χ4n) is 3.82. The van der Waals surface area contributed by atoms with Crippen LogP contribution in [0.1, 0.15) is 72.4 Å². The maximum Gasteiger partial charge on any atom is 0.338 e. The van der Waals surface area contributed by atoms with Gasteiger partial charge in [0, 0.05) is 0 Å². The molecular weight excluding hydrogens is 672 g/mol. The lowest BCUT2D eigenvalue weighted by molar-refractivity contribution is 0.0495. The molecule has 0 atom stereocenters. The van der Waals surface area contributed by atoms with Crippen LogP contribution in [0.3, 0.4) is 0 Å². The zero-order valence-corrected chi connectivity index (χ0v) is 30.2. The summed E-state index contributed by atoms with van der Waals surface area (Å²) >= 11 is 0. The first-order valence-electron chi connectivity index (χ1n) is 16.2. The molecular formula is C40H48O12. The largest absolute Gasteiger partial charge is 0.504 e. The number of carbonyl (C=O) groups excluding carboxylic acids is 2. The van der Waals surface area contributed by atoms with E-state index in [0.29, 0.717) is 12.8 Å². The zero-order valence-electron chi connectivity index (χ0n) is 30.2. The van der Waals surface area contributed by atoms with Crippen LogP contribution in [-0.2, 0) is 9.47 Å². The molecule has 0 amide bonds. The number of carbonyl (C=O) groups is 2. The molecule has 12 heteroatoms. The number of ether oxygens (including phenoxy) is 4. The predicted octanol–water partition coefficient (Wildman–Crippen LogP) is 8.20. The summed E-state index contributed by atoms with van der Waals surface area (Å²) in [5, 5.41) is 54.6. The van der Waals surface area contributed by atoms with Crippen LogP contribution in [0.15, 0.2) is 84.9 Å². The van der Waals surface area contributed by atoms with Gasteiger partial charge in [0.05, 0.1) is 38.6 Å². The Morgan fingerprint density at radius 2 is 0.827 bits per heavy atom. The minimum absolute atomic E-state index is 0.00347. The van der Waals surface area contributed by atoms with Crippen LogP contribution in [0.25, 0.3) is 12.2 Å². The molecule has 0 aliphatic heterocycles. The number of phenolic OH excluding ortho intramolecular Hbond substituents is 6. The molecule has 6 N–H and O–H groups in total. The second-order valence-electron chi connectivity index (χ2n) is 10.5. The van der Waals surface area contributed by atoms with Gasteiger partial charge in [-0.3, -0.25) is 0 Å². The maximum atomic E-state index is 11.3. The molecule has 0 aliphatic rings. The molecule has 0 saturated heterocycles. The summed E-state index contributed by atoms with van der Waals surface area (Å²) in [5.74, 6) is -3.03. The van der Waals surface area contributed by atoms with Crippen molar-refractivity contribution >= 4 is 24.1 Å². The normalized spacial score (nSPS) is 10.1. The van der Waals surface area contributed by atoms with E-state index in [-0.39, 0.29) is 24.3 Å². The molecule has 0 unspecified atom stereocenters. The van der Waals surface area contributed by atoms with Gasteiger partial charge in [-0.2, -0.15) is 0 Å². The van der Waals surface area contributed by atoms with E-state index in [9.17, 15) is 9.59 Å². The lowest BCUT2D eigenvalue weighted by atomic mass is 10.2. The minimum Gasteiger partial charge on any atom is -0.504 e. The van der Waals surface area contributed by atoms with Crippen molar-refractivity contribution < 1.29 is 59.2 Å².